The van der Waals surface area contributed by atoms with Crippen molar-refractivity contribution in [3.05, 3.63) is 75.9 Å². The maximum absolute atomic E-state index is 12.9. The van der Waals surface area contributed by atoms with E-state index < -0.39 is 17.7 Å². The zero-order valence-corrected chi connectivity index (χ0v) is 16.3. The average Bonchev–Trinajstić information content (AvgIpc) is 3.13. The minimum Gasteiger partial charge on any atom is -0.476 e. The van der Waals surface area contributed by atoms with E-state index in [-0.39, 0.29) is 16.4 Å². The van der Waals surface area contributed by atoms with Gasteiger partial charge in [-0.15, -0.1) is 0 Å². The van der Waals surface area contributed by atoms with E-state index in [0.29, 0.717) is 27.5 Å². The Morgan fingerprint density at radius 2 is 1.60 bits per heavy atom. The van der Waals surface area contributed by atoms with E-state index in [0.717, 1.165) is 12.1 Å². The van der Waals surface area contributed by atoms with Crippen molar-refractivity contribution in [3.8, 4) is 22.5 Å². The topological polar surface area (TPSA) is 67.5 Å². The van der Waals surface area contributed by atoms with Gasteiger partial charge in [0.2, 0.25) is 0 Å². The van der Waals surface area contributed by atoms with Crippen LogP contribution in [-0.2, 0) is 6.18 Å². The summed E-state index contributed by atoms with van der Waals surface area (Å²) in [5.41, 5.74) is 0.985. The third kappa shape index (κ3) is 3.71. The smallest absolute Gasteiger partial charge is 0.416 e. The van der Waals surface area contributed by atoms with Gasteiger partial charge in [-0.1, -0.05) is 41.4 Å². The van der Waals surface area contributed by atoms with Crippen molar-refractivity contribution >= 4 is 34.8 Å². The third-order valence-electron chi connectivity index (χ3n) is 4.37. The minimum atomic E-state index is -4.46. The lowest BCUT2D eigenvalue weighted by Crippen LogP contribution is -2.04. The minimum absolute atomic E-state index is 0.214. The molecule has 4 rings (SSSR count). The molecule has 0 amide bonds. The molecule has 0 saturated heterocycles. The number of carboxylic acids is 1. The van der Waals surface area contributed by atoms with Gasteiger partial charge in [-0.3, -0.25) is 0 Å². The summed E-state index contributed by atoms with van der Waals surface area (Å²) in [6.07, 6.45) is -4.46. The number of rotatable bonds is 3. The molecule has 0 fully saturated rings. The maximum Gasteiger partial charge on any atom is 0.416 e. The highest BCUT2D eigenvalue weighted by Gasteiger charge is 2.30. The molecule has 0 aliphatic rings. The first-order valence-electron chi connectivity index (χ1n) is 8.40. The highest BCUT2D eigenvalue weighted by Crippen LogP contribution is 2.33. The second kappa shape index (κ2) is 7.30. The van der Waals surface area contributed by atoms with Crippen molar-refractivity contribution in [2.24, 2.45) is 0 Å². The van der Waals surface area contributed by atoms with E-state index in [1.54, 1.807) is 24.3 Å². The fraction of sp³-hybridized carbons (Fsp3) is 0.0500. The van der Waals surface area contributed by atoms with Gasteiger partial charge in [-0.05, 0) is 30.3 Å². The molecule has 0 unspecified atom stereocenters. The van der Waals surface area contributed by atoms with Crippen LogP contribution in [-0.4, -0.2) is 25.7 Å². The van der Waals surface area contributed by atoms with Crippen molar-refractivity contribution < 1.29 is 23.1 Å². The van der Waals surface area contributed by atoms with Gasteiger partial charge in [0.25, 0.3) is 0 Å². The number of aromatic nitrogens is 3. The number of carbonyl (C=O) groups is 1. The molecular weight excluding hydrogens is 442 g/mol. The Morgan fingerprint density at radius 1 is 0.933 bits per heavy atom. The predicted octanol–water partition coefficient (Wildman–Crippen LogP) is 6.09. The second-order valence-corrected chi connectivity index (χ2v) is 7.15. The van der Waals surface area contributed by atoms with Gasteiger partial charge in [-0.2, -0.15) is 18.3 Å². The first kappa shape index (κ1) is 20.2. The van der Waals surface area contributed by atoms with Crippen LogP contribution in [0.5, 0.6) is 0 Å². The van der Waals surface area contributed by atoms with Crippen LogP contribution >= 0.6 is 23.2 Å². The molecule has 2 aromatic carbocycles. The van der Waals surface area contributed by atoms with Crippen LogP contribution in [0.4, 0.5) is 13.2 Å². The summed E-state index contributed by atoms with van der Waals surface area (Å²) in [4.78, 5) is 15.7. The van der Waals surface area contributed by atoms with Crippen LogP contribution in [0, 0.1) is 0 Å². The van der Waals surface area contributed by atoms with Gasteiger partial charge in [0.1, 0.15) is 0 Å². The highest BCUT2D eigenvalue weighted by molar-refractivity contribution is 6.42. The Kier molecular flexibility index (Phi) is 4.91. The highest BCUT2D eigenvalue weighted by atomic mass is 35.5. The van der Waals surface area contributed by atoms with Gasteiger partial charge in [0.15, 0.2) is 11.3 Å². The Bertz CT molecular complexity index is 1290. The van der Waals surface area contributed by atoms with Crippen LogP contribution in [0.3, 0.4) is 0 Å². The van der Waals surface area contributed by atoms with Crippen LogP contribution < -0.4 is 0 Å². The molecule has 0 bridgehead atoms. The lowest BCUT2D eigenvalue weighted by atomic mass is 10.1. The zero-order chi connectivity index (χ0) is 21.6. The van der Waals surface area contributed by atoms with Crippen molar-refractivity contribution in [2.75, 3.05) is 0 Å². The van der Waals surface area contributed by atoms with Gasteiger partial charge < -0.3 is 5.11 Å². The lowest BCUT2D eigenvalue weighted by Gasteiger charge is -2.11. The molecule has 2 aromatic heterocycles. The molecule has 0 radical (unpaired) electrons. The second-order valence-electron chi connectivity index (χ2n) is 6.34. The molecule has 0 aliphatic heterocycles. The van der Waals surface area contributed by atoms with Crippen LogP contribution in [0.1, 0.15) is 16.1 Å². The van der Waals surface area contributed by atoms with Crippen molar-refractivity contribution in [1.82, 2.24) is 14.6 Å². The Hall–Kier alpha value is -3.10. The van der Waals surface area contributed by atoms with E-state index >= 15 is 0 Å². The number of aromatic carboxylic acids is 1. The molecule has 2 heterocycles. The van der Waals surface area contributed by atoms with Crippen molar-refractivity contribution in [3.63, 3.8) is 0 Å². The van der Waals surface area contributed by atoms with Crippen LogP contribution in [0.15, 0.2) is 54.6 Å². The van der Waals surface area contributed by atoms with Crippen LogP contribution in [0.25, 0.3) is 28.2 Å². The van der Waals surface area contributed by atoms with Gasteiger partial charge >= 0.3 is 12.1 Å². The maximum atomic E-state index is 12.9. The summed E-state index contributed by atoms with van der Waals surface area (Å²) in [5.74, 6) is -1.24. The summed E-state index contributed by atoms with van der Waals surface area (Å²) >= 11 is 12.1. The number of benzene rings is 2. The molecule has 0 atom stereocenters. The van der Waals surface area contributed by atoms with Gasteiger partial charge in [-0.25, -0.2) is 14.3 Å². The standard InChI is InChI=1S/C20H10Cl2F3N3O2/c21-13-6-3-11(7-14(13)22)17-8-15(10-1-4-12(5-2-10)20(23,24)25)26-18-9-16(19(29)30)27-28(17)18/h1-9H,(H,29,30). The zero-order valence-electron chi connectivity index (χ0n) is 14.8. The summed E-state index contributed by atoms with van der Waals surface area (Å²) in [6.45, 7) is 0. The van der Waals surface area contributed by atoms with E-state index in [1.165, 1.54) is 22.7 Å². The first-order valence-corrected chi connectivity index (χ1v) is 9.16. The van der Waals surface area contributed by atoms with Gasteiger partial charge in [0.05, 0.1) is 27.0 Å². The largest absolute Gasteiger partial charge is 0.476 e. The fourth-order valence-electron chi connectivity index (χ4n) is 2.92. The number of carboxylic acid groups (broad SMARTS) is 1. The summed E-state index contributed by atoms with van der Waals surface area (Å²) in [7, 11) is 0. The Labute approximate surface area is 177 Å². The third-order valence-corrected chi connectivity index (χ3v) is 5.11. The molecular formula is C20H10Cl2F3N3O2. The van der Waals surface area contributed by atoms with Crippen LogP contribution in [0.2, 0.25) is 10.0 Å². The fourth-order valence-corrected chi connectivity index (χ4v) is 3.22. The molecule has 1 N–H and O–H groups in total. The molecule has 0 spiro atoms. The van der Waals surface area contributed by atoms with Gasteiger partial charge in [0, 0.05) is 17.2 Å². The quantitative estimate of drug-likeness (QED) is 0.409. The van der Waals surface area contributed by atoms with E-state index in [2.05, 4.69) is 10.1 Å². The number of hydrogen-bond acceptors (Lipinski definition) is 3. The van der Waals surface area contributed by atoms with E-state index in [1.807, 2.05) is 0 Å². The first-order chi connectivity index (χ1) is 14.1. The molecule has 152 valence electrons. The molecule has 4 aromatic rings. The van der Waals surface area contributed by atoms with E-state index in [9.17, 15) is 23.1 Å². The molecule has 0 saturated carbocycles. The average molecular weight is 452 g/mol. The molecule has 0 aliphatic carbocycles. The predicted molar refractivity (Wildman–Crippen MR) is 106 cm³/mol. The number of halogens is 5. The number of fused-ring (bicyclic) bond motifs is 1. The summed E-state index contributed by atoms with van der Waals surface area (Å²) < 4.78 is 39.9. The Balaban J connectivity index is 1.93. The Morgan fingerprint density at radius 3 is 2.20 bits per heavy atom. The number of hydrogen-bond donors (Lipinski definition) is 1. The van der Waals surface area contributed by atoms with E-state index in [4.69, 9.17) is 23.2 Å². The van der Waals surface area contributed by atoms with Crippen molar-refractivity contribution in [2.45, 2.75) is 6.18 Å². The number of nitrogens with zero attached hydrogens (tertiary/aromatic N) is 3. The SMILES string of the molecule is O=C(O)c1cc2nc(-c3ccc(C(F)(F)F)cc3)cc(-c3ccc(Cl)c(Cl)c3)n2n1. The summed E-state index contributed by atoms with van der Waals surface area (Å²) in [6, 6.07) is 12.2. The molecule has 30 heavy (non-hydrogen) atoms. The normalized spacial score (nSPS) is 11.8. The summed E-state index contributed by atoms with van der Waals surface area (Å²) in [5, 5.41) is 13.9. The lowest BCUT2D eigenvalue weighted by molar-refractivity contribution is -0.137. The van der Waals surface area contributed by atoms with Crippen molar-refractivity contribution in [1.29, 1.82) is 0 Å². The molecule has 5 nitrogen and oxygen atoms in total. The molecule has 10 heteroatoms. The monoisotopic (exact) mass is 451 g/mol. The number of alkyl halides is 3.